The lowest BCUT2D eigenvalue weighted by Crippen LogP contribution is -2.30. The average molecular weight is 513 g/mol. The minimum atomic E-state index is -0.770. The molecule has 3 aromatic carbocycles. The van der Waals surface area contributed by atoms with Crippen LogP contribution in [0.3, 0.4) is 0 Å². The molecular formula is C29H24N2O7. The number of nitro groups is 1. The molecule has 1 aliphatic heterocycles. The Morgan fingerprint density at radius 3 is 2.29 bits per heavy atom. The third-order valence-corrected chi connectivity index (χ3v) is 7.27. The molecule has 1 saturated carbocycles. The van der Waals surface area contributed by atoms with E-state index in [1.807, 2.05) is 18.2 Å². The zero-order valence-electron chi connectivity index (χ0n) is 20.3. The van der Waals surface area contributed by atoms with Gasteiger partial charge in [0.2, 0.25) is 17.6 Å². The fraction of sp³-hybridized carbons (Fsp3) is 0.241. The summed E-state index contributed by atoms with van der Waals surface area (Å²) in [7, 11) is 0. The van der Waals surface area contributed by atoms with Crippen molar-refractivity contribution in [3.63, 3.8) is 0 Å². The van der Waals surface area contributed by atoms with Gasteiger partial charge < -0.3 is 4.74 Å². The van der Waals surface area contributed by atoms with Gasteiger partial charge in [-0.2, -0.15) is 0 Å². The van der Waals surface area contributed by atoms with E-state index in [0.29, 0.717) is 18.5 Å². The van der Waals surface area contributed by atoms with Crippen molar-refractivity contribution in [3.05, 3.63) is 106 Å². The number of nitro benzene ring substituents is 1. The van der Waals surface area contributed by atoms with E-state index in [1.54, 1.807) is 0 Å². The average Bonchev–Trinajstić information content (AvgIpc) is 3.20. The zero-order chi connectivity index (χ0) is 26.8. The molecule has 1 saturated heterocycles. The number of carbonyl (C=O) groups is 4. The normalized spacial score (nSPS) is 20.6. The van der Waals surface area contributed by atoms with Gasteiger partial charge in [0.05, 0.1) is 28.0 Å². The Morgan fingerprint density at radius 2 is 1.58 bits per heavy atom. The fourth-order valence-electron chi connectivity index (χ4n) is 5.30. The van der Waals surface area contributed by atoms with Crippen LogP contribution in [-0.4, -0.2) is 35.1 Å². The van der Waals surface area contributed by atoms with Crippen molar-refractivity contribution >= 4 is 34.9 Å². The quantitative estimate of drug-likeness (QED) is 0.148. The predicted molar refractivity (Wildman–Crippen MR) is 137 cm³/mol. The molecule has 3 atom stereocenters. The molecule has 0 radical (unpaired) electrons. The highest BCUT2D eigenvalue weighted by Crippen LogP contribution is 2.45. The van der Waals surface area contributed by atoms with Crippen LogP contribution in [0.2, 0.25) is 0 Å². The summed E-state index contributed by atoms with van der Waals surface area (Å²) in [4.78, 5) is 62.7. The number of nitrogens with zero attached hydrogens (tertiary/aromatic N) is 2. The summed E-state index contributed by atoms with van der Waals surface area (Å²) in [6.45, 7) is -0.587. The summed E-state index contributed by atoms with van der Waals surface area (Å²) in [5, 5.41) is 10.9. The maximum atomic E-state index is 13.3. The van der Waals surface area contributed by atoms with Crippen LogP contribution >= 0.6 is 0 Å². The van der Waals surface area contributed by atoms with E-state index in [2.05, 4.69) is 12.1 Å². The second-order valence-corrected chi connectivity index (χ2v) is 9.50. The van der Waals surface area contributed by atoms with Crippen LogP contribution in [0.15, 0.2) is 78.9 Å². The summed E-state index contributed by atoms with van der Waals surface area (Å²) in [5.41, 5.74) is 1.52. The van der Waals surface area contributed by atoms with Gasteiger partial charge in [-0.3, -0.25) is 29.4 Å². The summed E-state index contributed by atoms with van der Waals surface area (Å²) in [6.07, 6.45) is 2.12. The SMILES string of the molecule is O=C(COC(=O)c1ccc(N2C(=O)C3CCC(c4ccccc4)CC3C2=O)cc1)c1cccc([N+](=O)[O-])c1. The number of imide groups is 1. The van der Waals surface area contributed by atoms with Crippen LogP contribution in [-0.2, 0) is 14.3 Å². The summed E-state index contributed by atoms with van der Waals surface area (Å²) in [6, 6.07) is 21.1. The second-order valence-electron chi connectivity index (χ2n) is 9.50. The van der Waals surface area contributed by atoms with Crippen molar-refractivity contribution in [2.45, 2.75) is 25.2 Å². The monoisotopic (exact) mass is 512 g/mol. The molecule has 38 heavy (non-hydrogen) atoms. The topological polar surface area (TPSA) is 124 Å². The number of fused-ring (bicyclic) bond motifs is 1. The fourth-order valence-corrected chi connectivity index (χ4v) is 5.30. The lowest BCUT2D eigenvalue weighted by atomic mass is 9.73. The highest BCUT2D eigenvalue weighted by atomic mass is 16.6. The van der Waals surface area contributed by atoms with E-state index < -0.39 is 23.3 Å². The van der Waals surface area contributed by atoms with Crippen molar-refractivity contribution in [1.29, 1.82) is 0 Å². The first-order valence-electron chi connectivity index (χ1n) is 12.3. The predicted octanol–water partition coefficient (Wildman–Crippen LogP) is 4.71. The number of hydrogen-bond acceptors (Lipinski definition) is 7. The van der Waals surface area contributed by atoms with Crippen molar-refractivity contribution in [2.75, 3.05) is 11.5 Å². The Labute approximate surface area is 218 Å². The van der Waals surface area contributed by atoms with E-state index in [0.717, 1.165) is 12.5 Å². The minimum Gasteiger partial charge on any atom is -0.454 e. The molecule has 0 aromatic heterocycles. The molecule has 0 spiro atoms. The second kappa shape index (κ2) is 10.4. The van der Waals surface area contributed by atoms with Gasteiger partial charge in [0.1, 0.15) is 0 Å². The summed E-state index contributed by atoms with van der Waals surface area (Å²) in [5.74, 6) is -2.27. The third-order valence-electron chi connectivity index (χ3n) is 7.27. The van der Waals surface area contributed by atoms with Crippen molar-refractivity contribution < 1.29 is 28.8 Å². The molecule has 9 heteroatoms. The number of esters is 1. The van der Waals surface area contributed by atoms with Gasteiger partial charge in [0.15, 0.2) is 6.61 Å². The smallest absolute Gasteiger partial charge is 0.338 e. The van der Waals surface area contributed by atoms with Crippen LogP contribution in [0.25, 0.3) is 0 Å². The Morgan fingerprint density at radius 1 is 0.868 bits per heavy atom. The molecule has 1 aliphatic carbocycles. The number of rotatable bonds is 7. The Bertz CT molecular complexity index is 1420. The molecule has 9 nitrogen and oxygen atoms in total. The minimum absolute atomic E-state index is 0.0596. The summed E-state index contributed by atoms with van der Waals surface area (Å²) < 4.78 is 5.08. The highest BCUT2D eigenvalue weighted by Gasteiger charge is 2.50. The molecule has 5 rings (SSSR count). The van der Waals surface area contributed by atoms with E-state index >= 15 is 0 Å². The van der Waals surface area contributed by atoms with Gasteiger partial charge in [-0.15, -0.1) is 0 Å². The van der Waals surface area contributed by atoms with Gasteiger partial charge in [0.25, 0.3) is 5.69 Å². The highest BCUT2D eigenvalue weighted by molar-refractivity contribution is 6.22. The van der Waals surface area contributed by atoms with E-state index in [4.69, 9.17) is 4.74 Å². The molecule has 0 bridgehead atoms. The maximum Gasteiger partial charge on any atom is 0.338 e. The third kappa shape index (κ3) is 4.82. The number of benzene rings is 3. The molecule has 3 aromatic rings. The number of ketones is 1. The first kappa shape index (κ1) is 25.0. The zero-order valence-corrected chi connectivity index (χ0v) is 20.3. The van der Waals surface area contributed by atoms with E-state index in [9.17, 15) is 29.3 Å². The van der Waals surface area contributed by atoms with Gasteiger partial charge in [-0.1, -0.05) is 42.5 Å². The lowest BCUT2D eigenvalue weighted by molar-refractivity contribution is -0.384. The van der Waals surface area contributed by atoms with Crippen LogP contribution in [0.1, 0.15) is 51.5 Å². The number of anilines is 1. The maximum absolute atomic E-state index is 13.3. The molecule has 1 heterocycles. The van der Waals surface area contributed by atoms with E-state index in [1.165, 1.54) is 52.9 Å². The summed E-state index contributed by atoms with van der Waals surface area (Å²) >= 11 is 0. The molecule has 2 fully saturated rings. The molecule has 2 aliphatic rings. The molecule has 0 N–H and O–H groups in total. The Hall–Kier alpha value is -4.66. The van der Waals surface area contributed by atoms with Crippen LogP contribution in [0.4, 0.5) is 11.4 Å². The Balaban J connectivity index is 1.23. The van der Waals surface area contributed by atoms with Crippen LogP contribution in [0.5, 0.6) is 0 Å². The Kier molecular flexibility index (Phi) is 6.83. The number of non-ortho nitro benzene ring substituents is 1. The first-order valence-corrected chi connectivity index (χ1v) is 12.3. The molecule has 192 valence electrons. The number of hydrogen-bond donors (Lipinski definition) is 0. The van der Waals surface area contributed by atoms with Crippen LogP contribution in [0, 0.1) is 22.0 Å². The van der Waals surface area contributed by atoms with Crippen molar-refractivity contribution in [1.82, 2.24) is 0 Å². The van der Waals surface area contributed by atoms with Crippen molar-refractivity contribution in [3.8, 4) is 0 Å². The van der Waals surface area contributed by atoms with Gasteiger partial charge in [-0.25, -0.2) is 4.79 Å². The number of carbonyl (C=O) groups excluding carboxylic acids is 4. The molecular weight excluding hydrogens is 488 g/mol. The number of Topliss-reactive ketones (excluding diaryl/α,β-unsaturated/α-hetero) is 1. The molecule has 3 unspecified atom stereocenters. The molecule has 2 amide bonds. The number of ether oxygens (including phenoxy) is 1. The van der Waals surface area contributed by atoms with Gasteiger partial charge in [0, 0.05) is 17.7 Å². The largest absolute Gasteiger partial charge is 0.454 e. The van der Waals surface area contributed by atoms with Gasteiger partial charge in [-0.05, 0) is 55.0 Å². The van der Waals surface area contributed by atoms with Crippen LogP contribution < -0.4 is 4.90 Å². The van der Waals surface area contributed by atoms with E-state index in [-0.39, 0.29) is 46.4 Å². The standard InChI is InChI=1S/C29H24N2O7/c32-26(21-7-4-8-23(15-21)31(36)37)17-38-29(35)19-9-12-22(13-10-19)30-27(33)24-14-11-20(16-25(24)28(30)34)18-5-2-1-3-6-18/h1-10,12-13,15,20,24-25H,11,14,16-17H2. The van der Waals surface area contributed by atoms with Crippen molar-refractivity contribution in [2.24, 2.45) is 11.8 Å². The van der Waals surface area contributed by atoms with Gasteiger partial charge >= 0.3 is 5.97 Å². The first-order chi connectivity index (χ1) is 18.3. The number of amides is 2. The lowest BCUT2D eigenvalue weighted by Gasteiger charge is -2.28.